The first kappa shape index (κ1) is 25.4. The molecule has 41 heavy (non-hydrogen) atoms. The number of piperazine rings is 1. The van der Waals surface area contributed by atoms with Crippen molar-refractivity contribution in [2.24, 2.45) is 5.92 Å². The molecule has 2 aromatic carbocycles. The molecule has 0 unspecified atom stereocenters. The number of piperidine rings is 1. The number of esters is 1. The smallest absolute Gasteiger partial charge is 0.310 e. The average molecular weight is 555 g/mol. The van der Waals surface area contributed by atoms with Crippen molar-refractivity contribution in [2.45, 2.75) is 19.8 Å². The first-order chi connectivity index (χ1) is 20.0. The molecule has 7 rings (SSSR count). The van der Waals surface area contributed by atoms with Gasteiger partial charge in [-0.15, -0.1) is 0 Å². The van der Waals surface area contributed by atoms with Crippen molar-refractivity contribution in [3.63, 3.8) is 0 Å². The van der Waals surface area contributed by atoms with Crippen LogP contribution in [-0.2, 0) is 9.53 Å². The molecule has 4 heterocycles. The fourth-order valence-corrected chi connectivity index (χ4v) is 6.37. The van der Waals surface area contributed by atoms with E-state index in [4.69, 9.17) is 13.7 Å². The van der Waals surface area contributed by atoms with Crippen LogP contribution in [0.2, 0.25) is 0 Å². The molecule has 1 amide bonds. The number of aromatic nitrogens is 1. The Morgan fingerprint density at radius 1 is 1.00 bits per heavy atom. The highest BCUT2D eigenvalue weighted by atomic mass is 16.5. The monoisotopic (exact) mass is 554 g/mol. The summed E-state index contributed by atoms with van der Waals surface area (Å²) in [6, 6.07) is 12.8. The first-order valence-electron chi connectivity index (χ1n) is 14.1. The molecule has 1 atom stereocenters. The number of anilines is 2. The maximum atomic E-state index is 14.0. The lowest BCUT2D eigenvalue weighted by Gasteiger charge is -2.38. The lowest BCUT2D eigenvalue weighted by atomic mass is 9.85. The highest BCUT2D eigenvalue weighted by Gasteiger charge is 2.37. The van der Waals surface area contributed by atoms with Crippen molar-refractivity contribution < 1.29 is 28.1 Å². The van der Waals surface area contributed by atoms with Crippen LogP contribution in [0, 0.1) is 5.92 Å². The number of nitrogens with zero attached hydrogens (tertiary/aromatic N) is 4. The van der Waals surface area contributed by atoms with E-state index >= 15 is 0 Å². The van der Waals surface area contributed by atoms with Gasteiger partial charge in [0.05, 0.1) is 41.1 Å². The Morgan fingerprint density at radius 3 is 2.56 bits per heavy atom. The summed E-state index contributed by atoms with van der Waals surface area (Å²) in [6.07, 6.45) is 3.10. The van der Waals surface area contributed by atoms with Crippen LogP contribution in [-0.4, -0.2) is 73.6 Å². The Bertz CT molecular complexity index is 1650. The fourth-order valence-electron chi connectivity index (χ4n) is 6.37. The number of carbonyl (C=O) groups is 3. The minimum atomic E-state index is -0.236. The summed E-state index contributed by atoms with van der Waals surface area (Å²) in [4.78, 5) is 45.7. The Kier molecular flexibility index (Phi) is 6.25. The van der Waals surface area contributed by atoms with Gasteiger partial charge in [-0.1, -0.05) is 29.4 Å². The molecular weight excluding hydrogens is 524 g/mol. The lowest BCUT2D eigenvalue weighted by Crippen LogP contribution is -2.49. The van der Waals surface area contributed by atoms with Gasteiger partial charge in [-0.3, -0.25) is 14.4 Å². The van der Waals surface area contributed by atoms with Gasteiger partial charge in [0.15, 0.2) is 17.3 Å². The van der Waals surface area contributed by atoms with E-state index in [-0.39, 0.29) is 23.6 Å². The second-order valence-corrected chi connectivity index (χ2v) is 10.7. The first-order valence-corrected chi connectivity index (χ1v) is 14.1. The molecule has 2 saturated heterocycles. The summed E-state index contributed by atoms with van der Waals surface area (Å²) >= 11 is 0. The standard InChI is InChI=1S/C31H30N4O6/c1-2-39-31(38)19-7-5-11-35(18-19)23-17-22(33-12-14-34(15-13-33)30(37)24-10-6-16-40-24)25-26-27(23)32-41-29(26)21-9-4-3-8-20(21)28(25)36/h3-4,6,8-10,16-17,19H,2,5,7,11-15,18H2,1H3/t19-/m0/s1. The van der Waals surface area contributed by atoms with E-state index in [0.29, 0.717) is 72.9 Å². The van der Waals surface area contributed by atoms with Crippen LogP contribution < -0.4 is 9.80 Å². The number of amides is 1. The summed E-state index contributed by atoms with van der Waals surface area (Å²) in [5, 5.41) is 5.19. The van der Waals surface area contributed by atoms with Crippen molar-refractivity contribution in [1.82, 2.24) is 10.1 Å². The number of furan rings is 1. The van der Waals surface area contributed by atoms with Crippen LogP contribution in [0.1, 0.15) is 46.2 Å². The third-order valence-electron chi connectivity index (χ3n) is 8.38. The van der Waals surface area contributed by atoms with Gasteiger partial charge in [-0.05, 0) is 38.0 Å². The Labute approximate surface area is 236 Å². The molecule has 210 valence electrons. The minimum absolute atomic E-state index is 0.0695. The second kappa shape index (κ2) is 10.1. The molecule has 0 bridgehead atoms. The minimum Gasteiger partial charge on any atom is -0.466 e. The summed E-state index contributed by atoms with van der Waals surface area (Å²) in [5.74, 6) is 0.267. The van der Waals surface area contributed by atoms with E-state index in [9.17, 15) is 14.4 Å². The third kappa shape index (κ3) is 4.16. The zero-order valence-electron chi connectivity index (χ0n) is 22.8. The van der Waals surface area contributed by atoms with Gasteiger partial charge in [0.25, 0.3) is 5.91 Å². The van der Waals surface area contributed by atoms with E-state index in [0.717, 1.165) is 36.3 Å². The summed E-state index contributed by atoms with van der Waals surface area (Å²) in [5.41, 5.74) is 4.14. The molecule has 0 spiro atoms. The zero-order valence-corrected chi connectivity index (χ0v) is 22.8. The predicted molar refractivity (Wildman–Crippen MR) is 151 cm³/mol. The van der Waals surface area contributed by atoms with Crippen LogP contribution in [0.25, 0.3) is 22.2 Å². The molecule has 2 aliphatic heterocycles. The van der Waals surface area contributed by atoms with Crippen molar-refractivity contribution >= 4 is 39.9 Å². The van der Waals surface area contributed by atoms with Gasteiger partial charge < -0.3 is 28.4 Å². The van der Waals surface area contributed by atoms with Crippen LogP contribution >= 0.6 is 0 Å². The molecular formula is C31H30N4O6. The van der Waals surface area contributed by atoms with Crippen LogP contribution in [0.3, 0.4) is 0 Å². The van der Waals surface area contributed by atoms with Gasteiger partial charge >= 0.3 is 5.97 Å². The SMILES string of the molecule is CCOC(=O)[C@H]1CCCN(c2cc(N3CCN(C(=O)c4ccco4)CC3)c3c4c(onc24)-c2ccccc2C3=O)C1. The average Bonchev–Trinajstić information content (AvgIpc) is 3.71. The molecule has 1 aliphatic carbocycles. The molecule has 0 saturated carbocycles. The number of ketones is 1. The topological polar surface area (TPSA) is 109 Å². The Hall–Kier alpha value is -4.60. The van der Waals surface area contributed by atoms with E-state index < -0.39 is 0 Å². The highest BCUT2D eigenvalue weighted by molar-refractivity contribution is 6.28. The maximum absolute atomic E-state index is 14.0. The Morgan fingerprint density at radius 2 is 1.80 bits per heavy atom. The number of hydrogen-bond donors (Lipinski definition) is 0. The van der Waals surface area contributed by atoms with Gasteiger partial charge in [0.1, 0.15) is 5.52 Å². The molecule has 10 heteroatoms. The summed E-state index contributed by atoms with van der Waals surface area (Å²) in [6.45, 7) is 5.49. The van der Waals surface area contributed by atoms with Gasteiger partial charge in [0.2, 0.25) is 0 Å². The molecule has 3 aliphatic rings. The lowest BCUT2D eigenvalue weighted by molar-refractivity contribution is -0.148. The van der Waals surface area contributed by atoms with Crippen LogP contribution in [0.15, 0.2) is 57.7 Å². The molecule has 4 aromatic rings. The molecule has 10 nitrogen and oxygen atoms in total. The molecule has 2 fully saturated rings. The maximum Gasteiger partial charge on any atom is 0.310 e. The number of rotatable bonds is 5. The van der Waals surface area contributed by atoms with Crippen LogP contribution in [0.5, 0.6) is 0 Å². The normalized spacial score (nSPS) is 18.5. The zero-order chi connectivity index (χ0) is 28.1. The van der Waals surface area contributed by atoms with Gasteiger partial charge in [0, 0.05) is 50.4 Å². The van der Waals surface area contributed by atoms with Crippen molar-refractivity contribution in [3.05, 3.63) is 65.6 Å². The number of hydrogen-bond acceptors (Lipinski definition) is 9. The quantitative estimate of drug-likeness (QED) is 0.293. The summed E-state index contributed by atoms with van der Waals surface area (Å²) < 4.78 is 16.6. The highest BCUT2D eigenvalue weighted by Crippen LogP contribution is 2.47. The van der Waals surface area contributed by atoms with Crippen molar-refractivity contribution in [2.75, 3.05) is 55.7 Å². The van der Waals surface area contributed by atoms with E-state index in [1.54, 1.807) is 17.0 Å². The fraction of sp³-hybridized carbons (Fsp3) is 0.355. The predicted octanol–water partition coefficient (Wildman–Crippen LogP) is 4.37. The summed E-state index contributed by atoms with van der Waals surface area (Å²) in [7, 11) is 0. The molecule has 2 aromatic heterocycles. The second-order valence-electron chi connectivity index (χ2n) is 10.7. The molecule has 0 N–H and O–H groups in total. The van der Waals surface area contributed by atoms with Gasteiger partial charge in [-0.25, -0.2) is 0 Å². The molecule has 0 radical (unpaired) electrons. The van der Waals surface area contributed by atoms with E-state index in [2.05, 4.69) is 15.0 Å². The number of ether oxygens (including phenoxy) is 1. The number of fused-ring (bicyclic) bond motifs is 2. The van der Waals surface area contributed by atoms with Gasteiger partial charge in [-0.2, -0.15) is 0 Å². The third-order valence-corrected chi connectivity index (χ3v) is 8.38. The van der Waals surface area contributed by atoms with E-state index in [1.807, 2.05) is 37.3 Å². The largest absolute Gasteiger partial charge is 0.466 e. The number of carbonyl (C=O) groups excluding carboxylic acids is 3. The van der Waals surface area contributed by atoms with Crippen LogP contribution in [0.4, 0.5) is 11.4 Å². The van der Waals surface area contributed by atoms with Crippen molar-refractivity contribution in [3.8, 4) is 11.3 Å². The van der Waals surface area contributed by atoms with Crippen molar-refractivity contribution in [1.29, 1.82) is 0 Å². The number of benzene rings is 2. The Balaban J connectivity index is 1.30. The van der Waals surface area contributed by atoms with E-state index in [1.165, 1.54) is 6.26 Å².